The second kappa shape index (κ2) is 13.6. The molecule has 0 radical (unpaired) electrons. The maximum Gasteiger partial charge on any atom is 0.308 e. The molecule has 0 heterocycles. The van der Waals surface area contributed by atoms with Gasteiger partial charge in [0.2, 0.25) is 15.9 Å². The number of carbonyl (C=O) groups is 3. The first-order chi connectivity index (χ1) is 17.8. The van der Waals surface area contributed by atoms with Gasteiger partial charge in [-0.1, -0.05) is 30.3 Å². The standard InChI is InChI=1S/C25H32ClN3O8S/c1-25(2,3)37-23(31)14-19(24(32)29(4)35-5)28-38(33,34)21-12-11-18(27-22(30)15-26)13-20(21)36-16-17-9-7-6-8-10-17/h6-13,19,28H,14-16H2,1-5H3,(H,27,30)/t19-/m0/s1. The summed E-state index contributed by atoms with van der Waals surface area (Å²) in [7, 11) is -1.94. The zero-order valence-corrected chi connectivity index (χ0v) is 23.4. The number of alkyl halides is 1. The van der Waals surface area contributed by atoms with Crippen LogP contribution in [0.5, 0.6) is 5.75 Å². The molecule has 0 spiro atoms. The van der Waals surface area contributed by atoms with E-state index in [1.165, 1.54) is 32.4 Å². The van der Waals surface area contributed by atoms with Crippen LogP contribution in [0.15, 0.2) is 53.4 Å². The van der Waals surface area contributed by atoms with Gasteiger partial charge in [-0.3, -0.25) is 19.2 Å². The van der Waals surface area contributed by atoms with Gasteiger partial charge in [-0.25, -0.2) is 13.5 Å². The van der Waals surface area contributed by atoms with Gasteiger partial charge in [-0.2, -0.15) is 4.72 Å². The average Bonchev–Trinajstić information content (AvgIpc) is 2.85. The van der Waals surface area contributed by atoms with E-state index < -0.39 is 45.9 Å². The van der Waals surface area contributed by atoms with Crippen molar-refractivity contribution >= 4 is 45.1 Å². The third-order valence-electron chi connectivity index (χ3n) is 4.85. The molecular formula is C25H32ClN3O8S. The van der Waals surface area contributed by atoms with E-state index in [9.17, 15) is 22.8 Å². The molecule has 0 aliphatic carbocycles. The summed E-state index contributed by atoms with van der Waals surface area (Å²) in [5, 5.41) is 3.33. The van der Waals surface area contributed by atoms with Gasteiger partial charge in [0.15, 0.2) is 0 Å². The number of esters is 1. The van der Waals surface area contributed by atoms with Crippen molar-refractivity contribution in [2.45, 2.75) is 50.3 Å². The van der Waals surface area contributed by atoms with E-state index in [4.69, 9.17) is 25.9 Å². The van der Waals surface area contributed by atoms with Crippen LogP contribution in [-0.2, 0) is 40.6 Å². The number of halogens is 1. The molecule has 0 aromatic heterocycles. The summed E-state index contributed by atoms with van der Waals surface area (Å²) in [6.45, 7) is 4.96. The summed E-state index contributed by atoms with van der Waals surface area (Å²) in [5.74, 6) is -2.51. The van der Waals surface area contributed by atoms with Crippen LogP contribution in [0.3, 0.4) is 0 Å². The molecule has 2 aromatic carbocycles. The van der Waals surface area contributed by atoms with E-state index >= 15 is 0 Å². The largest absolute Gasteiger partial charge is 0.487 e. The van der Waals surface area contributed by atoms with E-state index in [2.05, 4.69) is 10.0 Å². The molecule has 2 rings (SSSR count). The number of likely N-dealkylation sites (N-methyl/N-ethyl adjacent to an activating group) is 1. The number of hydrogen-bond donors (Lipinski definition) is 2. The van der Waals surface area contributed by atoms with Gasteiger partial charge >= 0.3 is 5.97 Å². The molecule has 1 atom stereocenters. The molecule has 0 saturated carbocycles. The molecule has 0 saturated heterocycles. The zero-order valence-electron chi connectivity index (χ0n) is 21.8. The Balaban J connectivity index is 2.43. The number of benzene rings is 2. The minimum absolute atomic E-state index is 0.0168. The molecule has 2 N–H and O–H groups in total. The van der Waals surface area contributed by atoms with E-state index in [1.807, 2.05) is 6.07 Å². The first-order valence-electron chi connectivity index (χ1n) is 11.5. The van der Waals surface area contributed by atoms with Crippen LogP contribution < -0.4 is 14.8 Å². The van der Waals surface area contributed by atoms with Gasteiger partial charge in [0.05, 0.1) is 13.5 Å². The minimum atomic E-state index is -4.45. The van der Waals surface area contributed by atoms with Crippen LogP contribution in [0.2, 0.25) is 0 Å². The van der Waals surface area contributed by atoms with Crippen molar-refractivity contribution in [2.75, 3.05) is 25.4 Å². The SMILES string of the molecule is CON(C)C(=O)[C@H](CC(=O)OC(C)(C)C)NS(=O)(=O)c1ccc(NC(=O)CCl)cc1OCc1ccccc1. The molecule has 2 aromatic rings. The number of amides is 2. The number of nitrogens with zero attached hydrogens (tertiary/aromatic N) is 1. The molecule has 2 amide bonds. The molecule has 0 aliphatic rings. The monoisotopic (exact) mass is 569 g/mol. The predicted octanol–water partition coefficient (Wildman–Crippen LogP) is 2.84. The van der Waals surface area contributed by atoms with Gasteiger partial charge in [0.1, 0.15) is 34.8 Å². The van der Waals surface area contributed by atoms with E-state index in [0.29, 0.717) is 0 Å². The van der Waals surface area contributed by atoms with E-state index in [1.54, 1.807) is 45.0 Å². The minimum Gasteiger partial charge on any atom is -0.487 e. The molecule has 38 heavy (non-hydrogen) atoms. The van der Waals surface area contributed by atoms with Gasteiger partial charge < -0.3 is 14.8 Å². The van der Waals surface area contributed by atoms with Crippen molar-refractivity contribution in [2.24, 2.45) is 0 Å². The fraction of sp³-hybridized carbons (Fsp3) is 0.400. The Morgan fingerprint density at radius 3 is 2.32 bits per heavy atom. The van der Waals surface area contributed by atoms with Gasteiger partial charge in [-0.15, -0.1) is 11.6 Å². The maximum absolute atomic E-state index is 13.5. The molecule has 208 valence electrons. The lowest BCUT2D eigenvalue weighted by atomic mass is 10.1. The van der Waals surface area contributed by atoms with Crippen molar-refractivity contribution in [1.29, 1.82) is 0 Å². The third-order valence-corrected chi connectivity index (χ3v) is 6.60. The second-order valence-corrected chi connectivity index (χ2v) is 11.0. The van der Waals surface area contributed by atoms with Crippen molar-refractivity contribution in [3.8, 4) is 5.75 Å². The Kier molecular flexibility index (Phi) is 11.1. The third kappa shape index (κ3) is 9.60. The van der Waals surface area contributed by atoms with Crippen molar-refractivity contribution in [3.63, 3.8) is 0 Å². The lowest BCUT2D eigenvalue weighted by Gasteiger charge is -2.25. The number of hydrogen-bond acceptors (Lipinski definition) is 8. The number of ether oxygens (including phenoxy) is 2. The highest BCUT2D eigenvalue weighted by Crippen LogP contribution is 2.29. The summed E-state index contributed by atoms with van der Waals surface area (Å²) in [6, 6.07) is 11.4. The molecule has 0 unspecified atom stereocenters. The Labute approximate surface area is 227 Å². The van der Waals surface area contributed by atoms with E-state index in [-0.39, 0.29) is 28.8 Å². The Morgan fingerprint density at radius 2 is 1.74 bits per heavy atom. The molecule has 13 heteroatoms. The van der Waals surface area contributed by atoms with Gasteiger partial charge in [-0.05, 0) is 38.5 Å². The summed E-state index contributed by atoms with van der Waals surface area (Å²) in [5.41, 5.74) is 0.162. The number of anilines is 1. The predicted molar refractivity (Wildman–Crippen MR) is 141 cm³/mol. The van der Waals surface area contributed by atoms with Crippen LogP contribution in [-0.4, -0.2) is 62.9 Å². The van der Waals surface area contributed by atoms with Crippen molar-refractivity contribution in [1.82, 2.24) is 9.79 Å². The smallest absolute Gasteiger partial charge is 0.308 e. The fourth-order valence-electron chi connectivity index (χ4n) is 3.14. The number of hydroxylamine groups is 2. The lowest BCUT2D eigenvalue weighted by molar-refractivity contribution is -0.173. The summed E-state index contributed by atoms with van der Waals surface area (Å²) < 4.78 is 40.3. The highest BCUT2D eigenvalue weighted by atomic mass is 35.5. The summed E-state index contributed by atoms with van der Waals surface area (Å²) >= 11 is 5.56. The highest BCUT2D eigenvalue weighted by Gasteiger charge is 2.33. The molecule has 0 fully saturated rings. The van der Waals surface area contributed by atoms with Crippen molar-refractivity contribution in [3.05, 3.63) is 54.1 Å². The first-order valence-corrected chi connectivity index (χ1v) is 13.5. The van der Waals surface area contributed by atoms with Gasteiger partial charge in [0.25, 0.3) is 5.91 Å². The molecular weight excluding hydrogens is 538 g/mol. The van der Waals surface area contributed by atoms with Crippen LogP contribution >= 0.6 is 11.6 Å². The van der Waals surface area contributed by atoms with Gasteiger partial charge in [0, 0.05) is 18.8 Å². The Morgan fingerprint density at radius 1 is 1.08 bits per heavy atom. The van der Waals surface area contributed by atoms with E-state index in [0.717, 1.165) is 10.6 Å². The van der Waals surface area contributed by atoms with Crippen LogP contribution in [0.4, 0.5) is 5.69 Å². The zero-order chi connectivity index (χ0) is 28.5. The first kappa shape index (κ1) is 31.0. The van der Waals surface area contributed by atoms with Crippen LogP contribution in [0.25, 0.3) is 0 Å². The Hall–Kier alpha value is -3.19. The molecule has 11 nitrogen and oxygen atoms in total. The second-order valence-electron chi connectivity index (χ2n) is 9.10. The number of carbonyl (C=O) groups excluding carboxylic acids is 3. The maximum atomic E-state index is 13.5. The summed E-state index contributed by atoms with van der Waals surface area (Å²) in [4.78, 5) is 41.7. The number of rotatable bonds is 12. The van der Waals surface area contributed by atoms with Crippen molar-refractivity contribution < 1.29 is 37.1 Å². The summed E-state index contributed by atoms with van der Waals surface area (Å²) in [6.07, 6.45) is -0.590. The number of nitrogens with one attached hydrogen (secondary N) is 2. The van der Waals surface area contributed by atoms with Crippen LogP contribution in [0, 0.1) is 0 Å². The highest BCUT2D eigenvalue weighted by molar-refractivity contribution is 7.89. The fourth-order valence-corrected chi connectivity index (χ4v) is 4.52. The normalized spacial score (nSPS) is 12.4. The molecule has 0 bridgehead atoms. The lowest BCUT2D eigenvalue weighted by Crippen LogP contribution is -2.48. The molecule has 0 aliphatic heterocycles. The number of sulfonamides is 1. The quantitative estimate of drug-likeness (QED) is 0.226. The van der Waals surface area contributed by atoms with Crippen LogP contribution in [0.1, 0.15) is 32.8 Å². The topological polar surface area (TPSA) is 140 Å². The average molecular weight is 570 g/mol. The Bertz CT molecular complexity index is 1230.